The van der Waals surface area contributed by atoms with Gasteiger partial charge in [-0.1, -0.05) is 0 Å². The molecular weight excluding hydrogens is 302 g/mol. The van der Waals surface area contributed by atoms with E-state index in [4.69, 9.17) is 0 Å². The van der Waals surface area contributed by atoms with E-state index in [1.807, 2.05) is 7.05 Å². The summed E-state index contributed by atoms with van der Waals surface area (Å²) in [5, 5.41) is 9.90. The lowest BCUT2D eigenvalue weighted by Gasteiger charge is -2.53. The maximum atomic E-state index is 12.8. The molecule has 22 heavy (non-hydrogen) atoms. The smallest absolute Gasteiger partial charge is 0.244 e. The van der Waals surface area contributed by atoms with Gasteiger partial charge >= 0.3 is 0 Å². The lowest BCUT2D eigenvalue weighted by molar-refractivity contribution is -0.0508. The van der Waals surface area contributed by atoms with Gasteiger partial charge in [-0.15, -0.1) is 0 Å². The Labute approximate surface area is 131 Å². The number of hydrogen-bond acceptors (Lipinski definition) is 5. The predicted molar refractivity (Wildman–Crippen MR) is 82.8 cm³/mol. The molecule has 2 fully saturated rings. The zero-order chi connectivity index (χ0) is 15.8. The third-order valence-electron chi connectivity index (χ3n) is 5.25. The molecule has 0 unspecified atom stereocenters. The number of pyridine rings is 1. The Morgan fingerprint density at radius 3 is 2.91 bits per heavy atom. The van der Waals surface area contributed by atoms with Crippen LogP contribution in [0, 0.1) is 5.41 Å². The van der Waals surface area contributed by atoms with Crippen molar-refractivity contribution >= 4 is 10.0 Å². The van der Waals surface area contributed by atoms with Crippen LogP contribution < -0.4 is 0 Å². The quantitative estimate of drug-likeness (QED) is 0.878. The van der Waals surface area contributed by atoms with Crippen LogP contribution in [0.1, 0.15) is 19.3 Å². The second kappa shape index (κ2) is 5.88. The van der Waals surface area contributed by atoms with Crippen LogP contribution in [0.25, 0.3) is 0 Å². The van der Waals surface area contributed by atoms with Crippen LogP contribution in [-0.2, 0) is 10.0 Å². The molecule has 1 N–H and O–H groups in total. The highest BCUT2D eigenvalue weighted by Crippen LogP contribution is 2.42. The molecule has 7 heteroatoms. The summed E-state index contributed by atoms with van der Waals surface area (Å²) in [4.78, 5) is 6.36. The van der Waals surface area contributed by atoms with Crippen LogP contribution in [0.2, 0.25) is 0 Å². The first-order chi connectivity index (χ1) is 10.5. The number of nitrogens with zero attached hydrogens (tertiary/aromatic N) is 3. The van der Waals surface area contributed by atoms with Gasteiger partial charge < -0.3 is 10.0 Å². The summed E-state index contributed by atoms with van der Waals surface area (Å²) in [5.74, 6) is 0. The number of hydrogen-bond donors (Lipinski definition) is 1. The Morgan fingerprint density at radius 1 is 1.41 bits per heavy atom. The van der Waals surface area contributed by atoms with E-state index in [0.29, 0.717) is 19.5 Å². The fraction of sp³-hybridized carbons (Fsp3) is 0.667. The fourth-order valence-electron chi connectivity index (χ4n) is 3.86. The highest BCUT2D eigenvalue weighted by atomic mass is 32.2. The normalized spacial score (nSPS) is 30.9. The van der Waals surface area contributed by atoms with Gasteiger partial charge in [0.05, 0.1) is 6.61 Å². The molecule has 0 saturated carbocycles. The van der Waals surface area contributed by atoms with Crippen LogP contribution in [0.5, 0.6) is 0 Å². The lowest BCUT2D eigenvalue weighted by atomic mass is 9.69. The molecule has 3 heterocycles. The van der Waals surface area contributed by atoms with E-state index >= 15 is 0 Å². The number of rotatable bonds is 3. The van der Waals surface area contributed by atoms with Crippen molar-refractivity contribution in [1.29, 1.82) is 0 Å². The lowest BCUT2D eigenvalue weighted by Crippen LogP contribution is -2.62. The number of likely N-dealkylation sites (N-methyl/N-ethyl adjacent to an activating group) is 1. The summed E-state index contributed by atoms with van der Waals surface area (Å²) in [7, 11) is -1.49. The maximum absolute atomic E-state index is 12.8. The molecule has 0 radical (unpaired) electrons. The van der Waals surface area contributed by atoms with E-state index in [9.17, 15) is 13.5 Å². The molecule has 1 aromatic heterocycles. The number of sulfonamides is 1. The number of fused-ring (bicyclic) bond motifs is 1. The minimum absolute atomic E-state index is 0.0754. The highest BCUT2D eigenvalue weighted by molar-refractivity contribution is 7.89. The first-order valence-corrected chi connectivity index (χ1v) is 9.15. The molecule has 3 rings (SSSR count). The van der Waals surface area contributed by atoms with Crippen LogP contribution in [-0.4, -0.2) is 67.0 Å². The van der Waals surface area contributed by atoms with Gasteiger partial charge in [0, 0.05) is 36.9 Å². The maximum Gasteiger partial charge on any atom is 0.244 e. The second-order valence-corrected chi connectivity index (χ2v) is 8.36. The standard InChI is InChI=1S/C15H23N3O3S/c1-17-8-3-5-15(12-19)6-9-18(11-14(15)17)22(20,21)13-4-2-7-16-10-13/h2,4,7,10,14,19H,3,5-6,8-9,11-12H2,1H3/t14-,15-/m1/s1. The molecule has 122 valence electrons. The van der Waals surface area contributed by atoms with Crippen LogP contribution in [0.15, 0.2) is 29.4 Å². The van der Waals surface area contributed by atoms with Crippen molar-refractivity contribution in [2.75, 3.05) is 33.3 Å². The third-order valence-corrected chi connectivity index (χ3v) is 7.10. The molecule has 0 aliphatic carbocycles. The summed E-state index contributed by atoms with van der Waals surface area (Å²) < 4.78 is 27.1. The van der Waals surface area contributed by atoms with Crippen molar-refractivity contribution in [3.8, 4) is 0 Å². The second-order valence-electron chi connectivity index (χ2n) is 6.42. The Kier molecular flexibility index (Phi) is 4.24. The first-order valence-electron chi connectivity index (χ1n) is 7.71. The number of aliphatic hydroxyl groups is 1. The Morgan fingerprint density at radius 2 is 2.23 bits per heavy atom. The van der Waals surface area contributed by atoms with Crippen molar-refractivity contribution in [3.63, 3.8) is 0 Å². The van der Waals surface area contributed by atoms with Crippen molar-refractivity contribution < 1.29 is 13.5 Å². The van der Waals surface area contributed by atoms with Gasteiger partial charge in [0.1, 0.15) is 4.90 Å². The van der Waals surface area contributed by atoms with E-state index in [-0.39, 0.29) is 23.0 Å². The van der Waals surface area contributed by atoms with Crippen molar-refractivity contribution in [1.82, 2.24) is 14.2 Å². The summed E-state index contributed by atoms with van der Waals surface area (Å²) in [6.45, 7) is 1.98. The Bertz CT molecular complexity index is 622. The molecule has 0 spiro atoms. The van der Waals surface area contributed by atoms with Crippen molar-refractivity contribution in [2.45, 2.75) is 30.2 Å². The zero-order valence-electron chi connectivity index (χ0n) is 12.9. The minimum atomic E-state index is -3.51. The molecule has 0 aromatic carbocycles. The van der Waals surface area contributed by atoms with Gasteiger partial charge in [-0.05, 0) is 45.0 Å². The number of piperidine rings is 2. The van der Waals surface area contributed by atoms with Gasteiger partial charge in [-0.25, -0.2) is 8.42 Å². The van der Waals surface area contributed by atoms with E-state index in [1.54, 1.807) is 22.6 Å². The predicted octanol–water partition coefficient (Wildman–Crippen LogP) is 0.549. The average molecular weight is 325 g/mol. The summed E-state index contributed by atoms with van der Waals surface area (Å²) in [5.41, 5.74) is -0.159. The van der Waals surface area contributed by atoms with Crippen LogP contribution in [0.3, 0.4) is 0 Å². The third kappa shape index (κ3) is 2.56. The molecule has 0 bridgehead atoms. The van der Waals surface area contributed by atoms with Gasteiger partial charge in [0.25, 0.3) is 0 Å². The molecule has 2 atom stereocenters. The molecule has 1 aromatic rings. The van der Waals surface area contributed by atoms with Crippen molar-refractivity contribution in [2.24, 2.45) is 5.41 Å². The Balaban J connectivity index is 1.87. The topological polar surface area (TPSA) is 73.7 Å². The minimum Gasteiger partial charge on any atom is -0.396 e. The van der Waals surface area contributed by atoms with Gasteiger partial charge in [0.15, 0.2) is 0 Å². The summed E-state index contributed by atoms with van der Waals surface area (Å²) >= 11 is 0. The highest BCUT2D eigenvalue weighted by Gasteiger charge is 2.48. The van der Waals surface area contributed by atoms with E-state index in [0.717, 1.165) is 19.4 Å². The monoisotopic (exact) mass is 325 g/mol. The largest absolute Gasteiger partial charge is 0.396 e. The molecule has 2 aliphatic rings. The van der Waals surface area contributed by atoms with Crippen LogP contribution >= 0.6 is 0 Å². The summed E-state index contributed by atoms with van der Waals surface area (Å²) in [6, 6.07) is 3.30. The Hall–Kier alpha value is -1.02. The van der Waals surface area contributed by atoms with Crippen molar-refractivity contribution in [3.05, 3.63) is 24.5 Å². The van der Waals surface area contributed by atoms with E-state index in [2.05, 4.69) is 9.88 Å². The van der Waals surface area contributed by atoms with Gasteiger partial charge in [0.2, 0.25) is 10.0 Å². The van der Waals surface area contributed by atoms with Crippen LogP contribution in [0.4, 0.5) is 0 Å². The molecule has 0 amide bonds. The van der Waals surface area contributed by atoms with E-state index in [1.165, 1.54) is 6.20 Å². The zero-order valence-corrected chi connectivity index (χ0v) is 13.7. The number of likely N-dealkylation sites (tertiary alicyclic amines) is 1. The summed E-state index contributed by atoms with van der Waals surface area (Å²) in [6.07, 6.45) is 5.70. The molecule has 2 aliphatic heterocycles. The van der Waals surface area contributed by atoms with E-state index < -0.39 is 10.0 Å². The fourth-order valence-corrected chi connectivity index (χ4v) is 5.27. The molecule has 6 nitrogen and oxygen atoms in total. The number of aliphatic hydroxyl groups excluding tert-OH is 1. The van der Waals surface area contributed by atoms with Gasteiger partial charge in [-0.3, -0.25) is 4.98 Å². The number of aromatic nitrogens is 1. The first kappa shape index (κ1) is 15.9. The van der Waals surface area contributed by atoms with Gasteiger partial charge in [-0.2, -0.15) is 4.31 Å². The average Bonchev–Trinajstić information content (AvgIpc) is 2.55. The molecular formula is C15H23N3O3S. The SMILES string of the molecule is CN1CCC[C@]2(CO)CCN(S(=O)(=O)c3cccnc3)C[C@@H]12. The molecule has 2 saturated heterocycles.